The van der Waals surface area contributed by atoms with Crippen LogP contribution in [0.1, 0.15) is 32.8 Å². The van der Waals surface area contributed by atoms with Crippen molar-refractivity contribution in [2.75, 3.05) is 0 Å². The Kier molecular flexibility index (Phi) is 4.31. The summed E-state index contributed by atoms with van der Waals surface area (Å²) in [7, 11) is -4.62. The van der Waals surface area contributed by atoms with Crippen molar-refractivity contribution in [3.8, 4) is 5.75 Å². The van der Waals surface area contributed by atoms with Crippen molar-refractivity contribution in [1.82, 2.24) is 0 Å². The van der Waals surface area contributed by atoms with E-state index in [4.69, 9.17) is 4.89 Å². The maximum atomic E-state index is 11.6. The average molecular weight is 262 g/mol. The lowest BCUT2D eigenvalue weighted by atomic mass is 9.82. The first-order valence-electron chi connectivity index (χ1n) is 5.24. The molecule has 0 aliphatic rings. The SMILES string of the molecule is CCC(C)(C)c1ccc(OP(=O)(O)OF)cc1. The van der Waals surface area contributed by atoms with Crippen molar-refractivity contribution in [2.45, 2.75) is 32.6 Å². The van der Waals surface area contributed by atoms with Gasteiger partial charge >= 0.3 is 7.82 Å². The first-order valence-corrected chi connectivity index (χ1v) is 6.73. The fourth-order valence-electron chi connectivity index (χ4n) is 1.32. The second-order valence-electron chi connectivity index (χ2n) is 4.39. The summed E-state index contributed by atoms with van der Waals surface area (Å²) in [5.74, 6) is 0.0872. The monoisotopic (exact) mass is 262 g/mol. The van der Waals surface area contributed by atoms with Gasteiger partial charge in [0.25, 0.3) is 0 Å². The van der Waals surface area contributed by atoms with Gasteiger partial charge < -0.3 is 4.52 Å². The molecule has 0 fully saturated rings. The minimum absolute atomic E-state index is 0.0119. The summed E-state index contributed by atoms with van der Waals surface area (Å²) in [4.78, 5) is 8.79. The highest BCUT2D eigenvalue weighted by atomic mass is 31.2. The second-order valence-corrected chi connectivity index (χ2v) is 5.65. The molecule has 0 saturated carbocycles. The van der Waals surface area contributed by atoms with Gasteiger partial charge in [-0.05, 0) is 34.1 Å². The summed E-state index contributed by atoms with van der Waals surface area (Å²) in [5, 5.41) is 0. The molecule has 17 heavy (non-hydrogen) atoms. The van der Waals surface area contributed by atoms with Gasteiger partial charge in [0, 0.05) is 0 Å². The van der Waals surface area contributed by atoms with Crippen molar-refractivity contribution in [3.05, 3.63) is 29.8 Å². The van der Waals surface area contributed by atoms with E-state index in [1.165, 1.54) is 12.1 Å². The van der Waals surface area contributed by atoms with Crippen molar-refractivity contribution >= 4 is 7.82 Å². The van der Waals surface area contributed by atoms with Gasteiger partial charge in [0.05, 0.1) is 0 Å². The van der Waals surface area contributed by atoms with E-state index in [0.29, 0.717) is 0 Å². The van der Waals surface area contributed by atoms with E-state index in [1.807, 2.05) is 0 Å². The van der Waals surface area contributed by atoms with Gasteiger partial charge in [-0.2, -0.15) is 0 Å². The van der Waals surface area contributed by atoms with Crippen LogP contribution < -0.4 is 4.52 Å². The molecule has 0 heterocycles. The maximum absolute atomic E-state index is 11.6. The third-order valence-corrected chi connectivity index (χ3v) is 3.44. The minimum atomic E-state index is -4.62. The van der Waals surface area contributed by atoms with Gasteiger partial charge in [-0.1, -0.05) is 37.6 Å². The molecule has 0 aliphatic heterocycles. The molecule has 6 heteroatoms. The van der Waals surface area contributed by atoms with Crippen LogP contribution in [0.5, 0.6) is 5.75 Å². The Morgan fingerprint density at radius 3 is 2.29 bits per heavy atom. The zero-order valence-electron chi connectivity index (χ0n) is 10.0. The van der Waals surface area contributed by atoms with Gasteiger partial charge in [-0.25, -0.2) is 4.57 Å². The molecule has 0 amide bonds. The summed E-state index contributed by atoms with van der Waals surface area (Å²) in [6.07, 6.45) is 0.958. The maximum Gasteiger partial charge on any atom is 0.559 e. The van der Waals surface area contributed by atoms with Gasteiger partial charge in [0.15, 0.2) is 0 Å². The Labute approximate surface area is 99.9 Å². The van der Waals surface area contributed by atoms with Crippen molar-refractivity contribution in [3.63, 3.8) is 0 Å². The van der Waals surface area contributed by atoms with Gasteiger partial charge in [-0.3, -0.25) is 4.89 Å². The van der Waals surface area contributed by atoms with Gasteiger partial charge in [0.2, 0.25) is 0 Å². The fraction of sp³-hybridized carbons (Fsp3) is 0.455. The van der Waals surface area contributed by atoms with E-state index in [1.54, 1.807) is 12.1 Å². The molecule has 1 N–H and O–H groups in total. The highest BCUT2D eigenvalue weighted by Crippen LogP contribution is 2.44. The quantitative estimate of drug-likeness (QED) is 0.821. The summed E-state index contributed by atoms with van der Waals surface area (Å²) in [6, 6.07) is 6.57. The summed E-state index contributed by atoms with van der Waals surface area (Å²) in [5.41, 5.74) is 1.08. The number of phosphoric ester groups is 1. The van der Waals surface area contributed by atoms with E-state index in [9.17, 15) is 9.09 Å². The van der Waals surface area contributed by atoms with Crippen LogP contribution in [0, 0.1) is 0 Å². The minimum Gasteiger partial charge on any atom is -0.403 e. The number of rotatable bonds is 5. The summed E-state index contributed by atoms with van der Waals surface area (Å²) >= 11 is 0. The molecule has 1 rings (SSSR count). The topological polar surface area (TPSA) is 55.8 Å². The van der Waals surface area contributed by atoms with Crippen LogP contribution in [-0.2, 0) is 14.7 Å². The molecule has 0 radical (unpaired) electrons. The van der Waals surface area contributed by atoms with Crippen LogP contribution in [0.3, 0.4) is 0 Å². The fourth-order valence-corrected chi connectivity index (χ4v) is 1.73. The number of hydrogen-bond acceptors (Lipinski definition) is 3. The van der Waals surface area contributed by atoms with Gasteiger partial charge in [-0.15, -0.1) is 0 Å². The van der Waals surface area contributed by atoms with Crippen LogP contribution in [0.4, 0.5) is 4.53 Å². The molecule has 0 aromatic heterocycles. The van der Waals surface area contributed by atoms with Crippen LogP contribution in [0.2, 0.25) is 0 Å². The molecule has 0 aliphatic carbocycles. The number of halogens is 1. The first kappa shape index (κ1) is 14.2. The zero-order chi connectivity index (χ0) is 13.1. The lowest BCUT2D eigenvalue weighted by molar-refractivity contribution is -0.0363. The Bertz CT molecular complexity index is 416. The standard InChI is InChI=1S/C11H16FO4P/c1-4-11(2,3)9-5-7-10(8-6-9)15-17(13,14)16-12/h5-8H,4H2,1-3H3,(H,13,14). The number of benzene rings is 1. The number of hydrogen-bond donors (Lipinski definition) is 1. The lowest BCUT2D eigenvalue weighted by Gasteiger charge is -2.23. The average Bonchev–Trinajstić information content (AvgIpc) is 2.29. The van der Waals surface area contributed by atoms with E-state index in [-0.39, 0.29) is 11.2 Å². The molecule has 0 bridgehead atoms. The summed E-state index contributed by atoms with van der Waals surface area (Å²) in [6.45, 7) is 6.25. The van der Waals surface area contributed by atoms with E-state index < -0.39 is 7.82 Å². The highest BCUT2D eigenvalue weighted by molar-refractivity contribution is 7.47. The number of phosphoric acid groups is 1. The molecule has 0 spiro atoms. The van der Waals surface area contributed by atoms with E-state index in [2.05, 4.69) is 30.0 Å². The highest BCUT2D eigenvalue weighted by Gasteiger charge is 2.24. The molecule has 1 aromatic rings. The molecular formula is C11H16FO4P. The molecule has 0 saturated heterocycles. The third kappa shape index (κ3) is 3.80. The predicted octanol–water partition coefficient (Wildman–Crippen LogP) is 3.75. The Hall–Kier alpha value is -0.900. The Balaban J connectivity index is 2.86. The van der Waals surface area contributed by atoms with Crippen LogP contribution in [-0.4, -0.2) is 4.89 Å². The normalized spacial score (nSPS) is 15.4. The molecule has 96 valence electrons. The Morgan fingerprint density at radius 1 is 1.35 bits per heavy atom. The van der Waals surface area contributed by atoms with Crippen LogP contribution in [0.15, 0.2) is 24.3 Å². The molecule has 1 atom stereocenters. The third-order valence-electron chi connectivity index (χ3n) is 2.83. The molecular weight excluding hydrogens is 246 g/mol. The second kappa shape index (κ2) is 5.17. The van der Waals surface area contributed by atoms with Crippen molar-refractivity contribution in [1.29, 1.82) is 0 Å². The smallest absolute Gasteiger partial charge is 0.403 e. The first-order chi connectivity index (χ1) is 7.80. The van der Waals surface area contributed by atoms with E-state index >= 15 is 0 Å². The lowest BCUT2D eigenvalue weighted by Crippen LogP contribution is -2.14. The Morgan fingerprint density at radius 2 is 1.88 bits per heavy atom. The molecule has 1 aromatic carbocycles. The largest absolute Gasteiger partial charge is 0.559 e. The zero-order valence-corrected chi connectivity index (χ0v) is 10.9. The van der Waals surface area contributed by atoms with Gasteiger partial charge in [0.1, 0.15) is 5.75 Å². The molecule has 4 nitrogen and oxygen atoms in total. The van der Waals surface area contributed by atoms with Crippen molar-refractivity contribution < 1.29 is 23.2 Å². The molecule has 1 unspecified atom stereocenters. The summed E-state index contributed by atoms with van der Waals surface area (Å²) < 4.78 is 29.8. The van der Waals surface area contributed by atoms with Crippen LogP contribution in [0.25, 0.3) is 0 Å². The predicted molar refractivity (Wildman–Crippen MR) is 62.4 cm³/mol. The van der Waals surface area contributed by atoms with E-state index in [0.717, 1.165) is 12.0 Å². The van der Waals surface area contributed by atoms with Crippen LogP contribution >= 0.6 is 7.82 Å². The van der Waals surface area contributed by atoms with Crippen molar-refractivity contribution in [2.24, 2.45) is 0 Å².